The van der Waals surface area contributed by atoms with Gasteiger partial charge in [-0.3, -0.25) is 4.79 Å². The van der Waals surface area contributed by atoms with Crippen molar-refractivity contribution in [3.8, 4) is 0 Å². The van der Waals surface area contributed by atoms with E-state index in [0.29, 0.717) is 5.92 Å². The number of ketones is 1. The first kappa shape index (κ1) is 12.6. The average molecular weight is 232 g/mol. The maximum absolute atomic E-state index is 11.4. The lowest BCUT2D eigenvalue weighted by molar-refractivity contribution is -0.113. The van der Waals surface area contributed by atoms with Gasteiger partial charge in [-0.05, 0) is 43.1 Å². The lowest BCUT2D eigenvalue weighted by Gasteiger charge is -2.28. The van der Waals surface area contributed by atoms with E-state index in [1.165, 1.54) is 32.1 Å². The molecule has 0 bridgehead atoms. The van der Waals surface area contributed by atoms with Gasteiger partial charge in [0.2, 0.25) is 0 Å². The van der Waals surface area contributed by atoms with Gasteiger partial charge in [0.25, 0.3) is 0 Å². The molecular weight excluding hydrogens is 208 g/mol. The fourth-order valence-corrected chi connectivity index (χ4v) is 3.11. The number of carbonyl (C=O) groups is 1. The summed E-state index contributed by atoms with van der Waals surface area (Å²) in [5.41, 5.74) is 1.02. The molecule has 0 aromatic rings. The molecule has 0 aliphatic heterocycles. The van der Waals surface area contributed by atoms with Crippen molar-refractivity contribution in [3.63, 3.8) is 0 Å². The summed E-state index contributed by atoms with van der Waals surface area (Å²) in [7, 11) is 0. The molecule has 1 fully saturated rings. The number of carbonyl (C=O) groups excluding carboxylic acids is 1. The van der Waals surface area contributed by atoms with Crippen molar-refractivity contribution in [1.29, 1.82) is 0 Å². The molecule has 0 N–H and O–H groups in total. The van der Waals surface area contributed by atoms with Crippen LogP contribution in [0.25, 0.3) is 0 Å². The number of allylic oxidation sites excluding steroid dienone is 4. The Bertz CT molecular complexity index is 329. The van der Waals surface area contributed by atoms with E-state index in [9.17, 15) is 4.79 Å². The monoisotopic (exact) mass is 232 g/mol. The zero-order valence-electron chi connectivity index (χ0n) is 11.1. The van der Waals surface area contributed by atoms with Gasteiger partial charge in [-0.2, -0.15) is 0 Å². The van der Waals surface area contributed by atoms with Crippen molar-refractivity contribution >= 4 is 5.78 Å². The van der Waals surface area contributed by atoms with Crippen LogP contribution in [0.15, 0.2) is 23.8 Å². The van der Waals surface area contributed by atoms with Crippen molar-refractivity contribution in [3.05, 3.63) is 23.8 Å². The maximum atomic E-state index is 11.4. The molecule has 0 aromatic carbocycles. The van der Waals surface area contributed by atoms with Gasteiger partial charge in [-0.15, -0.1) is 0 Å². The molecule has 0 saturated heterocycles. The van der Waals surface area contributed by atoms with Gasteiger partial charge in [-0.1, -0.05) is 50.8 Å². The van der Waals surface area contributed by atoms with Crippen LogP contribution in [0.3, 0.4) is 0 Å². The molecule has 1 nitrogen and oxygen atoms in total. The van der Waals surface area contributed by atoms with E-state index in [4.69, 9.17) is 0 Å². The van der Waals surface area contributed by atoms with Crippen LogP contribution in [0.2, 0.25) is 0 Å². The first-order valence-corrected chi connectivity index (χ1v) is 7.03. The number of Topliss-reactive ketones (excluding diaryl/α,β-unsaturated/α-hetero) is 1. The van der Waals surface area contributed by atoms with Gasteiger partial charge >= 0.3 is 0 Å². The Kier molecular flexibility index (Phi) is 4.20. The fourth-order valence-electron chi connectivity index (χ4n) is 3.11. The van der Waals surface area contributed by atoms with Gasteiger partial charge in [0, 0.05) is 0 Å². The Morgan fingerprint density at radius 3 is 2.65 bits per heavy atom. The topological polar surface area (TPSA) is 17.1 Å². The van der Waals surface area contributed by atoms with Crippen LogP contribution >= 0.6 is 0 Å². The van der Waals surface area contributed by atoms with Crippen molar-refractivity contribution < 1.29 is 4.79 Å². The predicted molar refractivity (Wildman–Crippen MR) is 71.8 cm³/mol. The summed E-state index contributed by atoms with van der Waals surface area (Å²) in [6, 6.07) is 0. The van der Waals surface area contributed by atoms with Crippen LogP contribution in [0.5, 0.6) is 0 Å². The van der Waals surface area contributed by atoms with E-state index in [-0.39, 0.29) is 5.78 Å². The molecule has 0 aromatic heterocycles. The fraction of sp³-hybridized carbons (Fsp3) is 0.688. The second kappa shape index (κ2) is 5.66. The third kappa shape index (κ3) is 3.55. The van der Waals surface area contributed by atoms with Crippen LogP contribution in [-0.4, -0.2) is 5.78 Å². The molecular formula is C16H24O. The molecule has 2 aliphatic carbocycles. The van der Waals surface area contributed by atoms with Crippen LogP contribution < -0.4 is 0 Å². The first-order chi connectivity index (χ1) is 8.15. The lowest BCUT2D eigenvalue weighted by Crippen LogP contribution is -2.16. The second-order valence-corrected chi connectivity index (χ2v) is 5.91. The van der Waals surface area contributed by atoms with Gasteiger partial charge < -0.3 is 0 Å². The quantitative estimate of drug-likeness (QED) is 0.663. The molecule has 0 spiro atoms. The summed E-state index contributed by atoms with van der Waals surface area (Å²) in [4.78, 5) is 11.4. The van der Waals surface area contributed by atoms with Gasteiger partial charge in [-0.25, -0.2) is 0 Å². The van der Waals surface area contributed by atoms with E-state index < -0.39 is 0 Å². The summed E-state index contributed by atoms with van der Waals surface area (Å²) in [6.07, 6.45) is 14.3. The molecule has 1 atom stereocenters. The summed E-state index contributed by atoms with van der Waals surface area (Å²) in [5, 5.41) is 0. The third-order valence-corrected chi connectivity index (χ3v) is 4.33. The molecule has 0 amide bonds. The second-order valence-electron chi connectivity index (χ2n) is 5.91. The summed E-state index contributed by atoms with van der Waals surface area (Å²) >= 11 is 0. The van der Waals surface area contributed by atoms with Crippen LogP contribution in [0.4, 0.5) is 0 Å². The van der Waals surface area contributed by atoms with Crippen molar-refractivity contribution in [2.24, 2.45) is 17.8 Å². The Morgan fingerprint density at radius 2 is 2.00 bits per heavy atom. The van der Waals surface area contributed by atoms with Gasteiger partial charge in [0.1, 0.15) is 0 Å². The Balaban J connectivity index is 1.88. The normalized spacial score (nSPS) is 33.3. The SMILES string of the molecule is CC(=O)C1=CC(CC2CCC(C)CC2)C=CC1. The molecule has 0 heterocycles. The van der Waals surface area contributed by atoms with Crippen molar-refractivity contribution in [2.75, 3.05) is 0 Å². The minimum absolute atomic E-state index is 0.247. The standard InChI is InChI=1S/C16H24O/c1-12-6-8-14(9-7-12)10-15-4-3-5-16(11-15)13(2)17/h3-4,11-12,14-15H,5-10H2,1-2H3. The smallest absolute Gasteiger partial charge is 0.155 e. The zero-order chi connectivity index (χ0) is 12.3. The van der Waals surface area contributed by atoms with Gasteiger partial charge in [0.05, 0.1) is 0 Å². The largest absolute Gasteiger partial charge is 0.295 e. The number of hydrogen-bond donors (Lipinski definition) is 0. The van der Waals surface area contributed by atoms with E-state index >= 15 is 0 Å². The molecule has 1 heteroatoms. The Morgan fingerprint density at radius 1 is 1.29 bits per heavy atom. The average Bonchev–Trinajstić information content (AvgIpc) is 2.32. The summed E-state index contributed by atoms with van der Waals surface area (Å²) < 4.78 is 0. The van der Waals surface area contributed by atoms with E-state index in [2.05, 4.69) is 25.2 Å². The highest BCUT2D eigenvalue weighted by atomic mass is 16.1. The Labute approximate surface area is 105 Å². The zero-order valence-corrected chi connectivity index (χ0v) is 11.1. The number of rotatable bonds is 3. The van der Waals surface area contributed by atoms with Crippen molar-refractivity contribution in [2.45, 2.75) is 52.4 Å². The highest BCUT2D eigenvalue weighted by molar-refractivity contribution is 5.93. The van der Waals surface area contributed by atoms with Crippen LogP contribution in [-0.2, 0) is 4.79 Å². The lowest BCUT2D eigenvalue weighted by atomic mass is 9.77. The van der Waals surface area contributed by atoms with E-state index in [1.54, 1.807) is 6.92 Å². The molecule has 1 saturated carbocycles. The molecule has 94 valence electrons. The molecule has 0 radical (unpaired) electrons. The highest BCUT2D eigenvalue weighted by Gasteiger charge is 2.21. The first-order valence-electron chi connectivity index (χ1n) is 7.03. The summed E-state index contributed by atoms with van der Waals surface area (Å²) in [5.74, 6) is 2.57. The Hall–Kier alpha value is -0.850. The number of hydrogen-bond acceptors (Lipinski definition) is 1. The summed E-state index contributed by atoms with van der Waals surface area (Å²) in [6.45, 7) is 4.05. The maximum Gasteiger partial charge on any atom is 0.155 e. The molecule has 17 heavy (non-hydrogen) atoms. The van der Waals surface area contributed by atoms with Crippen molar-refractivity contribution in [1.82, 2.24) is 0 Å². The minimum atomic E-state index is 0.247. The molecule has 2 rings (SSSR count). The minimum Gasteiger partial charge on any atom is -0.295 e. The van der Waals surface area contributed by atoms with Gasteiger partial charge in [0.15, 0.2) is 5.78 Å². The highest BCUT2D eigenvalue weighted by Crippen LogP contribution is 2.34. The third-order valence-electron chi connectivity index (χ3n) is 4.33. The molecule has 2 aliphatic rings. The van der Waals surface area contributed by atoms with Crippen LogP contribution in [0, 0.1) is 17.8 Å². The van der Waals surface area contributed by atoms with E-state index in [1.807, 2.05) is 0 Å². The molecule has 1 unspecified atom stereocenters. The van der Waals surface area contributed by atoms with Crippen LogP contribution in [0.1, 0.15) is 52.4 Å². The van der Waals surface area contributed by atoms with E-state index in [0.717, 1.165) is 23.8 Å². The predicted octanol–water partition coefficient (Wildman–Crippen LogP) is 4.29.